The lowest BCUT2D eigenvalue weighted by molar-refractivity contribution is -0.127. The molecule has 2 atom stereocenters. The van der Waals surface area contributed by atoms with Gasteiger partial charge in [0.25, 0.3) is 0 Å². The zero-order valence-corrected chi connectivity index (χ0v) is 15.2. The summed E-state index contributed by atoms with van der Waals surface area (Å²) in [6.07, 6.45) is 0.185. The number of benzene rings is 2. The number of hydrogen-bond acceptors (Lipinski definition) is 5. The van der Waals surface area contributed by atoms with Crippen LogP contribution < -0.4 is 10.2 Å². The zero-order chi connectivity index (χ0) is 19.0. The maximum Gasteiger partial charge on any atom is 0.248 e. The second kappa shape index (κ2) is 6.83. The average Bonchev–Trinajstić information content (AvgIpc) is 3.27. The average molecular weight is 364 g/mol. The van der Waals surface area contributed by atoms with E-state index < -0.39 is 12.0 Å². The molecule has 2 aromatic carbocycles. The van der Waals surface area contributed by atoms with Crippen molar-refractivity contribution in [1.82, 2.24) is 15.5 Å². The van der Waals surface area contributed by atoms with Crippen LogP contribution in [-0.2, 0) is 9.59 Å². The molecular formula is C20H20N4O3. The molecule has 1 aromatic heterocycles. The summed E-state index contributed by atoms with van der Waals surface area (Å²) in [5, 5.41) is 8.67. The quantitative estimate of drug-likeness (QED) is 0.769. The Morgan fingerprint density at radius 2 is 2.04 bits per heavy atom. The number of amides is 2. The molecule has 7 nitrogen and oxygen atoms in total. The summed E-state index contributed by atoms with van der Waals surface area (Å²) in [7, 11) is 0. The van der Waals surface area contributed by atoms with Gasteiger partial charge in [0.15, 0.2) is 5.82 Å². The van der Waals surface area contributed by atoms with E-state index in [2.05, 4.69) is 15.5 Å². The molecule has 1 N–H and O–H groups in total. The Morgan fingerprint density at radius 1 is 1.26 bits per heavy atom. The van der Waals surface area contributed by atoms with Crippen LogP contribution in [-0.4, -0.2) is 28.5 Å². The van der Waals surface area contributed by atoms with E-state index in [-0.39, 0.29) is 18.2 Å². The molecule has 3 aromatic rings. The van der Waals surface area contributed by atoms with Gasteiger partial charge >= 0.3 is 0 Å². The van der Waals surface area contributed by atoms with Crippen LogP contribution in [0.5, 0.6) is 0 Å². The Kier molecular flexibility index (Phi) is 4.35. The number of carbonyl (C=O) groups excluding carboxylic acids is 2. The van der Waals surface area contributed by atoms with Crippen LogP contribution in [0.3, 0.4) is 0 Å². The minimum Gasteiger partial charge on any atom is -0.344 e. The fourth-order valence-electron chi connectivity index (χ4n) is 3.44. The van der Waals surface area contributed by atoms with Gasteiger partial charge in [-0.3, -0.25) is 9.59 Å². The third kappa shape index (κ3) is 3.28. The van der Waals surface area contributed by atoms with E-state index in [1.54, 1.807) is 18.7 Å². The van der Waals surface area contributed by atoms with Crippen molar-refractivity contribution < 1.29 is 14.1 Å². The first kappa shape index (κ1) is 17.2. The van der Waals surface area contributed by atoms with Gasteiger partial charge in [0.1, 0.15) is 6.04 Å². The van der Waals surface area contributed by atoms with Crippen molar-refractivity contribution in [3.63, 3.8) is 0 Å². The van der Waals surface area contributed by atoms with E-state index >= 15 is 0 Å². The number of aryl methyl sites for hydroxylation is 1. The number of rotatable bonds is 4. The summed E-state index contributed by atoms with van der Waals surface area (Å²) in [5.41, 5.74) is 0.842. The van der Waals surface area contributed by atoms with Crippen LogP contribution in [0.15, 0.2) is 47.0 Å². The normalized spacial score (nSPS) is 18.1. The van der Waals surface area contributed by atoms with Gasteiger partial charge in [0.05, 0.1) is 11.6 Å². The molecule has 7 heteroatoms. The van der Waals surface area contributed by atoms with E-state index in [9.17, 15) is 9.59 Å². The van der Waals surface area contributed by atoms with Crippen LogP contribution >= 0.6 is 0 Å². The van der Waals surface area contributed by atoms with E-state index in [1.165, 1.54) is 0 Å². The van der Waals surface area contributed by atoms with Crippen molar-refractivity contribution in [3.05, 3.63) is 54.2 Å². The van der Waals surface area contributed by atoms with Gasteiger partial charge in [-0.15, -0.1) is 0 Å². The van der Waals surface area contributed by atoms with Crippen molar-refractivity contribution in [1.29, 1.82) is 0 Å². The predicted molar refractivity (Wildman–Crippen MR) is 100 cm³/mol. The highest BCUT2D eigenvalue weighted by atomic mass is 16.5. The van der Waals surface area contributed by atoms with Crippen molar-refractivity contribution in [2.24, 2.45) is 5.92 Å². The van der Waals surface area contributed by atoms with Crippen molar-refractivity contribution in [3.8, 4) is 0 Å². The Hall–Kier alpha value is -3.22. The summed E-state index contributed by atoms with van der Waals surface area (Å²) in [4.78, 5) is 31.1. The molecule has 0 spiro atoms. The number of hydrogen-bond donors (Lipinski definition) is 1. The van der Waals surface area contributed by atoms with Crippen LogP contribution in [0.1, 0.15) is 31.1 Å². The fraction of sp³-hybridized carbons (Fsp3) is 0.300. The van der Waals surface area contributed by atoms with Gasteiger partial charge in [-0.25, -0.2) is 0 Å². The minimum atomic E-state index is -0.414. The second-order valence-electron chi connectivity index (χ2n) is 6.81. The molecule has 1 aliphatic heterocycles. The Bertz CT molecular complexity index is 1010. The summed E-state index contributed by atoms with van der Waals surface area (Å²) in [6, 6.07) is 13.4. The number of fused-ring (bicyclic) bond motifs is 1. The predicted octanol–water partition coefficient (Wildman–Crippen LogP) is 2.76. The summed E-state index contributed by atoms with van der Waals surface area (Å²) in [5.74, 6) is 0.227. The Labute approximate surface area is 156 Å². The number of carbonyl (C=O) groups is 2. The van der Waals surface area contributed by atoms with Gasteiger partial charge in [-0.1, -0.05) is 41.6 Å². The molecule has 1 aliphatic rings. The zero-order valence-electron chi connectivity index (χ0n) is 15.2. The molecular weight excluding hydrogens is 344 g/mol. The highest BCUT2D eigenvalue weighted by Gasteiger charge is 2.36. The van der Waals surface area contributed by atoms with Crippen molar-refractivity contribution in [2.75, 3.05) is 11.4 Å². The third-order valence-corrected chi connectivity index (χ3v) is 4.83. The van der Waals surface area contributed by atoms with Gasteiger partial charge in [-0.2, -0.15) is 4.98 Å². The van der Waals surface area contributed by atoms with Crippen LogP contribution in [0, 0.1) is 12.8 Å². The molecule has 0 unspecified atom stereocenters. The summed E-state index contributed by atoms with van der Waals surface area (Å²) >= 11 is 0. The highest BCUT2D eigenvalue weighted by Crippen LogP contribution is 2.31. The van der Waals surface area contributed by atoms with Crippen LogP contribution in [0.2, 0.25) is 0 Å². The third-order valence-electron chi connectivity index (χ3n) is 4.83. The lowest BCUT2D eigenvalue weighted by Gasteiger charge is -2.19. The van der Waals surface area contributed by atoms with Crippen molar-refractivity contribution in [2.45, 2.75) is 26.3 Å². The number of nitrogens with zero attached hydrogens (tertiary/aromatic N) is 3. The van der Waals surface area contributed by atoms with E-state index in [0.29, 0.717) is 18.3 Å². The molecule has 0 bridgehead atoms. The number of nitrogens with one attached hydrogen (secondary N) is 1. The number of anilines is 1. The summed E-state index contributed by atoms with van der Waals surface area (Å²) in [6.45, 7) is 3.86. The van der Waals surface area contributed by atoms with Crippen LogP contribution in [0.4, 0.5) is 5.69 Å². The molecule has 2 amide bonds. The van der Waals surface area contributed by atoms with E-state index in [0.717, 1.165) is 16.5 Å². The monoisotopic (exact) mass is 364 g/mol. The fourth-order valence-corrected chi connectivity index (χ4v) is 3.44. The standard InChI is InChI=1S/C20H20N4O3/c1-12(20-22-13(2)23-27-20)21-19(26)15-10-18(25)24(11-15)17-9-5-7-14-6-3-4-8-16(14)17/h3-9,12,15H,10-11H2,1-2H3,(H,21,26)/t12-,15+/m0/s1. The first-order chi connectivity index (χ1) is 13.0. The first-order valence-corrected chi connectivity index (χ1v) is 8.91. The molecule has 0 radical (unpaired) electrons. The highest BCUT2D eigenvalue weighted by molar-refractivity contribution is 6.07. The molecule has 27 heavy (non-hydrogen) atoms. The van der Waals surface area contributed by atoms with E-state index in [4.69, 9.17) is 4.52 Å². The molecule has 0 saturated carbocycles. The Balaban J connectivity index is 1.51. The second-order valence-corrected chi connectivity index (χ2v) is 6.81. The maximum atomic E-state index is 12.6. The van der Waals surface area contributed by atoms with Gasteiger partial charge in [0.2, 0.25) is 17.7 Å². The topological polar surface area (TPSA) is 88.3 Å². The molecule has 0 aliphatic carbocycles. The minimum absolute atomic E-state index is 0.0483. The van der Waals surface area contributed by atoms with Crippen molar-refractivity contribution >= 4 is 28.3 Å². The molecule has 1 saturated heterocycles. The largest absolute Gasteiger partial charge is 0.344 e. The van der Waals surface area contributed by atoms with Gasteiger partial charge < -0.3 is 14.7 Å². The summed E-state index contributed by atoms with van der Waals surface area (Å²) < 4.78 is 5.10. The SMILES string of the molecule is Cc1noc([C@H](C)NC(=O)[C@@H]2CC(=O)N(c3cccc4ccccc34)C2)n1. The lowest BCUT2D eigenvalue weighted by atomic mass is 10.1. The lowest BCUT2D eigenvalue weighted by Crippen LogP contribution is -2.34. The number of aromatic nitrogens is 2. The molecule has 4 rings (SSSR count). The van der Waals surface area contributed by atoms with Gasteiger partial charge in [0, 0.05) is 18.4 Å². The maximum absolute atomic E-state index is 12.6. The molecule has 1 fully saturated rings. The Morgan fingerprint density at radius 3 is 2.81 bits per heavy atom. The smallest absolute Gasteiger partial charge is 0.248 e. The van der Waals surface area contributed by atoms with E-state index in [1.807, 2.05) is 42.5 Å². The molecule has 2 heterocycles. The molecule has 138 valence electrons. The van der Waals surface area contributed by atoms with Crippen LogP contribution in [0.25, 0.3) is 10.8 Å². The van der Waals surface area contributed by atoms with Gasteiger partial charge in [-0.05, 0) is 25.3 Å². The first-order valence-electron chi connectivity index (χ1n) is 8.91.